The Labute approximate surface area is 248 Å². The van der Waals surface area contributed by atoms with Crippen LogP contribution in [0.15, 0.2) is 30.4 Å². The van der Waals surface area contributed by atoms with Crippen molar-refractivity contribution in [2.75, 3.05) is 68.1 Å². The van der Waals surface area contributed by atoms with Crippen molar-refractivity contribution in [2.45, 2.75) is 63.6 Å². The van der Waals surface area contributed by atoms with Gasteiger partial charge >= 0.3 is 0 Å². The molecule has 2 aromatic rings. The number of allylic oxidation sites excluding steroid dienone is 1. The number of hydrogen-bond donors (Lipinski definition) is 0. The van der Waals surface area contributed by atoms with E-state index < -0.39 is 0 Å². The van der Waals surface area contributed by atoms with E-state index in [1.54, 1.807) is 24.3 Å². The number of halogens is 1. The fourth-order valence-corrected chi connectivity index (χ4v) is 6.99. The Morgan fingerprint density at radius 2 is 1.98 bits per heavy atom. The minimum atomic E-state index is -0.195. The second kappa shape index (κ2) is 11.9. The Kier molecular flexibility index (Phi) is 8.04. The summed E-state index contributed by atoms with van der Waals surface area (Å²) in [6.45, 7) is 6.32. The molecule has 0 N–H and O–H groups in total. The van der Waals surface area contributed by atoms with Crippen LogP contribution in [0.25, 0.3) is 0 Å². The number of aromatic nitrogens is 2. The van der Waals surface area contributed by atoms with Crippen LogP contribution in [0.5, 0.6) is 0 Å². The Morgan fingerprint density at radius 1 is 1.14 bits per heavy atom. The molecule has 9 nitrogen and oxygen atoms in total. The van der Waals surface area contributed by atoms with Gasteiger partial charge in [0.15, 0.2) is 0 Å². The molecule has 222 valence electrons. The quantitative estimate of drug-likeness (QED) is 0.489. The smallest absolute Gasteiger partial charge is 0.246 e. The molecule has 1 aliphatic carbocycles. The molecule has 4 heterocycles. The highest BCUT2D eigenvalue weighted by Gasteiger charge is 2.37. The van der Waals surface area contributed by atoms with Gasteiger partial charge in [-0.15, -0.1) is 0 Å². The molecule has 1 amide bonds. The first-order valence-electron chi connectivity index (χ1n) is 15.3. The van der Waals surface area contributed by atoms with E-state index in [9.17, 15) is 14.4 Å². The van der Waals surface area contributed by atoms with E-state index in [1.165, 1.54) is 11.1 Å². The first kappa shape index (κ1) is 28.4. The highest BCUT2D eigenvalue weighted by atomic mass is 19.1. The minimum absolute atomic E-state index is 0.0424. The van der Waals surface area contributed by atoms with Gasteiger partial charge in [0, 0.05) is 69.0 Å². The molecule has 4 aliphatic rings. The number of fused-ring (bicyclic) bond motifs is 2. The van der Waals surface area contributed by atoms with Gasteiger partial charge in [0.05, 0.1) is 24.2 Å². The van der Waals surface area contributed by atoms with E-state index in [-0.39, 0.29) is 30.2 Å². The van der Waals surface area contributed by atoms with E-state index in [2.05, 4.69) is 39.8 Å². The third kappa shape index (κ3) is 5.42. The van der Waals surface area contributed by atoms with E-state index in [0.717, 1.165) is 74.9 Å². The van der Waals surface area contributed by atoms with Crippen molar-refractivity contribution in [3.8, 4) is 6.07 Å². The molecule has 10 heteroatoms. The SMILES string of the molecule is C/C=C/C(=O)N1CCN(c2nc(N3CC(N(C)C)C3)nc3c2CC[C@@H](N2CCCc4ccc(F)cc42)C3)C[C@@H]1CC#N. The normalized spacial score (nSPS) is 22.7. The number of rotatable bonds is 6. The van der Waals surface area contributed by atoms with Gasteiger partial charge in [-0.3, -0.25) is 4.79 Å². The Bertz CT molecular complexity index is 1400. The van der Waals surface area contributed by atoms with Crippen LogP contribution in [0.3, 0.4) is 0 Å². The Balaban J connectivity index is 1.31. The van der Waals surface area contributed by atoms with Crippen LogP contribution in [0.4, 0.5) is 21.8 Å². The zero-order valence-electron chi connectivity index (χ0n) is 25.0. The monoisotopic (exact) mass is 572 g/mol. The molecule has 42 heavy (non-hydrogen) atoms. The molecule has 0 radical (unpaired) electrons. The highest BCUT2D eigenvalue weighted by molar-refractivity contribution is 5.88. The minimum Gasteiger partial charge on any atom is -0.368 e. The zero-order valence-corrected chi connectivity index (χ0v) is 25.0. The van der Waals surface area contributed by atoms with Gasteiger partial charge < -0.3 is 24.5 Å². The lowest BCUT2D eigenvalue weighted by atomic mass is 9.88. The number of nitriles is 1. The summed E-state index contributed by atoms with van der Waals surface area (Å²) in [4.78, 5) is 34.1. The summed E-state index contributed by atoms with van der Waals surface area (Å²) >= 11 is 0. The van der Waals surface area contributed by atoms with Crippen LogP contribution < -0.4 is 14.7 Å². The van der Waals surface area contributed by atoms with Crippen molar-refractivity contribution >= 4 is 23.4 Å². The average Bonchev–Trinajstić information content (AvgIpc) is 2.95. The molecule has 3 aliphatic heterocycles. The molecule has 1 aromatic heterocycles. The van der Waals surface area contributed by atoms with Gasteiger partial charge in [-0.1, -0.05) is 12.1 Å². The lowest BCUT2D eigenvalue weighted by molar-refractivity contribution is -0.128. The number of likely N-dealkylation sites (N-methyl/N-ethyl adjacent to an activating group) is 1. The second-order valence-electron chi connectivity index (χ2n) is 12.3. The van der Waals surface area contributed by atoms with E-state index in [0.29, 0.717) is 25.7 Å². The first-order chi connectivity index (χ1) is 20.4. The number of nitrogens with zero attached hydrogens (tertiary/aromatic N) is 8. The van der Waals surface area contributed by atoms with Crippen molar-refractivity contribution in [3.63, 3.8) is 0 Å². The molecule has 2 saturated heterocycles. The number of benzene rings is 1. The lowest BCUT2D eigenvalue weighted by Crippen LogP contribution is -2.58. The predicted molar refractivity (Wildman–Crippen MR) is 162 cm³/mol. The van der Waals surface area contributed by atoms with Gasteiger partial charge in [-0.25, -0.2) is 9.37 Å². The fourth-order valence-electron chi connectivity index (χ4n) is 6.99. The highest BCUT2D eigenvalue weighted by Crippen LogP contribution is 2.37. The summed E-state index contributed by atoms with van der Waals surface area (Å²) < 4.78 is 14.3. The zero-order chi connectivity index (χ0) is 29.4. The summed E-state index contributed by atoms with van der Waals surface area (Å²) in [6, 6.07) is 8.04. The van der Waals surface area contributed by atoms with Crippen LogP contribution in [-0.4, -0.2) is 97.2 Å². The molecule has 6 rings (SSSR count). The first-order valence-corrected chi connectivity index (χ1v) is 15.3. The van der Waals surface area contributed by atoms with Crippen molar-refractivity contribution < 1.29 is 9.18 Å². The summed E-state index contributed by atoms with van der Waals surface area (Å²) in [7, 11) is 4.21. The van der Waals surface area contributed by atoms with Crippen LogP contribution in [0, 0.1) is 17.1 Å². The summed E-state index contributed by atoms with van der Waals surface area (Å²) in [5.41, 5.74) is 4.51. The van der Waals surface area contributed by atoms with Crippen molar-refractivity contribution in [1.82, 2.24) is 19.8 Å². The van der Waals surface area contributed by atoms with Gasteiger partial charge in [-0.05, 0) is 70.5 Å². The fraction of sp³-hybridized carbons (Fsp3) is 0.562. The molecule has 0 unspecified atom stereocenters. The van der Waals surface area contributed by atoms with E-state index in [1.807, 2.05) is 17.9 Å². The third-order valence-corrected chi connectivity index (χ3v) is 9.44. The molecule has 2 fully saturated rings. The summed E-state index contributed by atoms with van der Waals surface area (Å²) in [5.74, 6) is 1.49. The maximum absolute atomic E-state index is 14.3. The largest absolute Gasteiger partial charge is 0.368 e. The van der Waals surface area contributed by atoms with E-state index in [4.69, 9.17) is 9.97 Å². The standard InChI is InChI=1S/C32H41FN8O/c1-4-6-30(42)41-16-15-38(19-25(41)12-13-34)31-27-11-10-24(40-14-5-7-22-8-9-23(33)17-29(22)40)18-28(27)35-32(36-31)39-20-26(21-39)37(2)3/h4,6,8-9,17,24-26H,5,7,10-12,14-16,18-21H2,1-3H3/b6-4+/t24-,25+/m1/s1. The number of piperazine rings is 1. The molecule has 0 spiro atoms. The summed E-state index contributed by atoms with van der Waals surface area (Å²) in [5, 5.41) is 9.57. The van der Waals surface area contributed by atoms with Gasteiger partial charge in [0.1, 0.15) is 11.6 Å². The summed E-state index contributed by atoms with van der Waals surface area (Å²) in [6.07, 6.45) is 8.26. The van der Waals surface area contributed by atoms with Crippen molar-refractivity contribution in [2.24, 2.45) is 0 Å². The number of anilines is 3. The number of carbonyl (C=O) groups excluding carboxylic acids is 1. The van der Waals surface area contributed by atoms with Crippen LogP contribution >= 0.6 is 0 Å². The Hall–Kier alpha value is -3.71. The topological polar surface area (TPSA) is 82.8 Å². The predicted octanol–water partition coefficient (Wildman–Crippen LogP) is 3.18. The van der Waals surface area contributed by atoms with Crippen molar-refractivity contribution in [1.29, 1.82) is 5.26 Å². The van der Waals surface area contributed by atoms with Gasteiger partial charge in [0.2, 0.25) is 11.9 Å². The van der Waals surface area contributed by atoms with Crippen LogP contribution in [0.1, 0.15) is 43.0 Å². The molecule has 2 atom stereocenters. The second-order valence-corrected chi connectivity index (χ2v) is 12.3. The maximum atomic E-state index is 14.3. The number of aryl methyl sites for hydroxylation is 1. The Morgan fingerprint density at radius 3 is 2.74 bits per heavy atom. The number of carbonyl (C=O) groups is 1. The van der Waals surface area contributed by atoms with Gasteiger partial charge in [0.25, 0.3) is 0 Å². The number of amides is 1. The third-order valence-electron chi connectivity index (χ3n) is 9.44. The lowest BCUT2D eigenvalue weighted by Gasteiger charge is -2.45. The van der Waals surface area contributed by atoms with Crippen LogP contribution in [-0.2, 0) is 24.1 Å². The van der Waals surface area contributed by atoms with E-state index >= 15 is 0 Å². The molecule has 0 bridgehead atoms. The van der Waals surface area contributed by atoms with Crippen LogP contribution in [0.2, 0.25) is 0 Å². The maximum Gasteiger partial charge on any atom is 0.246 e. The molecule has 1 aromatic carbocycles. The van der Waals surface area contributed by atoms with Gasteiger partial charge in [-0.2, -0.15) is 10.2 Å². The van der Waals surface area contributed by atoms with Crippen molar-refractivity contribution in [3.05, 3.63) is 53.0 Å². The molecular weight excluding hydrogens is 531 g/mol. The molecule has 0 saturated carbocycles. The molecular formula is C32H41FN8O. The number of hydrogen-bond acceptors (Lipinski definition) is 8. The average molecular weight is 573 g/mol.